The van der Waals surface area contributed by atoms with Crippen molar-refractivity contribution < 1.29 is 0 Å². The summed E-state index contributed by atoms with van der Waals surface area (Å²) in [5, 5.41) is 2.58. The average molecular weight is 594 g/mol. The quantitative estimate of drug-likeness (QED) is 0.193. The molecule has 0 atom stereocenters. The molecular weight excluding hydrogens is 563 g/mol. The maximum atomic E-state index is 2.46. The smallest absolute Gasteiger partial charge is 0.0541 e. The van der Waals surface area contributed by atoms with Gasteiger partial charge >= 0.3 is 0 Å². The van der Waals surface area contributed by atoms with Gasteiger partial charge in [0.1, 0.15) is 0 Å². The van der Waals surface area contributed by atoms with Crippen molar-refractivity contribution in [2.75, 3.05) is 0 Å². The summed E-state index contributed by atoms with van der Waals surface area (Å²) in [4.78, 5) is 2.79. The van der Waals surface area contributed by atoms with Gasteiger partial charge < -0.3 is 4.57 Å². The van der Waals surface area contributed by atoms with Crippen molar-refractivity contribution in [1.82, 2.24) is 4.57 Å². The number of para-hydroxylation sites is 1. The van der Waals surface area contributed by atoms with E-state index in [-0.39, 0.29) is 5.41 Å². The van der Waals surface area contributed by atoms with Crippen LogP contribution in [0.2, 0.25) is 0 Å². The summed E-state index contributed by atoms with van der Waals surface area (Å²) in [5.41, 5.74) is 17.4. The van der Waals surface area contributed by atoms with Gasteiger partial charge in [-0.3, -0.25) is 0 Å². The van der Waals surface area contributed by atoms with Crippen LogP contribution in [0.5, 0.6) is 0 Å². The minimum atomic E-state index is -0.0346. The number of benzene rings is 6. The second-order valence-electron chi connectivity index (χ2n) is 13.2. The van der Waals surface area contributed by atoms with E-state index < -0.39 is 0 Å². The van der Waals surface area contributed by atoms with E-state index in [0.717, 1.165) is 12.8 Å². The number of hydrogen-bond acceptors (Lipinski definition) is 1. The molecule has 0 spiro atoms. The van der Waals surface area contributed by atoms with Gasteiger partial charge in [-0.1, -0.05) is 111 Å². The third-order valence-corrected chi connectivity index (χ3v) is 11.6. The summed E-state index contributed by atoms with van der Waals surface area (Å²) in [7, 11) is 0. The minimum Gasteiger partial charge on any atom is -0.309 e. The molecule has 0 unspecified atom stereocenters. The van der Waals surface area contributed by atoms with Gasteiger partial charge in [0.05, 0.1) is 11.0 Å². The lowest BCUT2D eigenvalue weighted by Gasteiger charge is -2.27. The molecule has 0 radical (unpaired) electrons. The first-order chi connectivity index (χ1) is 22.1. The Morgan fingerprint density at radius 1 is 0.600 bits per heavy atom. The van der Waals surface area contributed by atoms with Crippen molar-refractivity contribution in [2.24, 2.45) is 0 Å². The molecule has 1 aliphatic heterocycles. The lowest BCUT2D eigenvalue weighted by Crippen LogP contribution is -2.15. The van der Waals surface area contributed by atoms with Crippen LogP contribution in [0.25, 0.3) is 65.8 Å². The van der Waals surface area contributed by atoms with Gasteiger partial charge in [-0.05, 0) is 111 Å². The number of thioether (sulfide) groups is 1. The summed E-state index contributed by atoms with van der Waals surface area (Å²) < 4.78 is 2.46. The number of fused-ring (bicyclic) bond motifs is 8. The Labute approximate surface area is 267 Å². The highest BCUT2D eigenvalue weighted by Gasteiger charge is 2.35. The molecule has 1 aromatic heterocycles. The monoisotopic (exact) mass is 593 g/mol. The minimum absolute atomic E-state index is 0.0346. The molecule has 0 bridgehead atoms. The molecule has 214 valence electrons. The normalized spacial score (nSPS) is 15.4. The Balaban J connectivity index is 1.13. The van der Waals surface area contributed by atoms with E-state index in [4.69, 9.17) is 0 Å². The molecule has 0 amide bonds. The zero-order chi connectivity index (χ0) is 29.9. The molecule has 6 aromatic carbocycles. The molecule has 2 heteroatoms. The van der Waals surface area contributed by atoms with Crippen molar-refractivity contribution in [3.05, 3.63) is 150 Å². The Bertz CT molecular complexity index is 2440. The summed E-state index contributed by atoms with van der Waals surface area (Å²) >= 11 is 1.94. The highest BCUT2D eigenvalue weighted by atomic mass is 32.2. The average Bonchev–Trinajstić information content (AvgIpc) is 3.53. The third kappa shape index (κ3) is 3.52. The number of allylic oxidation sites excluding steroid dienone is 1. The van der Waals surface area contributed by atoms with Crippen LogP contribution in [-0.4, -0.2) is 4.57 Å². The van der Waals surface area contributed by atoms with Crippen LogP contribution >= 0.6 is 11.8 Å². The van der Waals surface area contributed by atoms with Crippen molar-refractivity contribution in [1.29, 1.82) is 0 Å². The van der Waals surface area contributed by atoms with Crippen LogP contribution in [0.4, 0.5) is 0 Å². The van der Waals surface area contributed by atoms with Crippen molar-refractivity contribution in [3.63, 3.8) is 0 Å². The summed E-state index contributed by atoms with van der Waals surface area (Å²) in [6.07, 6.45) is 4.70. The number of nitrogens with zero attached hydrogens (tertiary/aromatic N) is 1. The molecule has 3 aliphatic rings. The molecule has 0 saturated heterocycles. The largest absolute Gasteiger partial charge is 0.309 e. The second-order valence-corrected chi connectivity index (χ2v) is 14.3. The molecule has 0 fully saturated rings. The Kier molecular flexibility index (Phi) is 5.18. The summed E-state index contributed by atoms with van der Waals surface area (Å²) in [6, 6.07) is 45.8. The van der Waals surface area contributed by atoms with Gasteiger partial charge in [0, 0.05) is 31.7 Å². The van der Waals surface area contributed by atoms with Gasteiger partial charge in [-0.15, -0.1) is 0 Å². The van der Waals surface area contributed by atoms with Gasteiger partial charge in [0.2, 0.25) is 0 Å². The Morgan fingerprint density at radius 2 is 1.38 bits per heavy atom. The fourth-order valence-electron chi connectivity index (χ4n) is 8.27. The topological polar surface area (TPSA) is 4.93 Å². The second kappa shape index (κ2) is 9.12. The third-order valence-electron chi connectivity index (χ3n) is 10.5. The number of aromatic nitrogens is 1. The van der Waals surface area contributed by atoms with E-state index in [1.807, 2.05) is 11.8 Å². The van der Waals surface area contributed by atoms with Crippen LogP contribution < -0.4 is 0 Å². The molecule has 7 aromatic rings. The number of aryl methyl sites for hydroxylation is 1. The van der Waals surface area contributed by atoms with E-state index in [0.29, 0.717) is 0 Å². The van der Waals surface area contributed by atoms with Crippen LogP contribution in [0, 0.1) is 0 Å². The van der Waals surface area contributed by atoms with E-state index in [9.17, 15) is 0 Å². The van der Waals surface area contributed by atoms with Gasteiger partial charge in [0.25, 0.3) is 0 Å². The first-order valence-corrected chi connectivity index (χ1v) is 16.8. The molecule has 2 heterocycles. The highest BCUT2D eigenvalue weighted by molar-refractivity contribution is 8.08. The van der Waals surface area contributed by atoms with Gasteiger partial charge in [-0.25, -0.2) is 0 Å². The first kappa shape index (κ1) is 25.5. The fraction of sp³-hybridized carbons (Fsp3) is 0.116. The lowest BCUT2D eigenvalue weighted by atomic mass is 9.82. The highest BCUT2D eigenvalue weighted by Crippen LogP contribution is 2.53. The standard InChI is InChI=1S/C43H31NS/c1-43(2)36-14-5-3-11-30(36)31-20-19-29(25-37(31)43)44-38-15-6-4-12-32(38)34-23-27(17-21-39(34)44)28-18-22-40-35(24-28)33-13-7-9-26-10-8-16-41(45-40)42(26)33/h3-7,9,11-25H,8,10H2,1-2H3. The molecule has 45 heavy (non-hydrogen) atoms. The molecule has 0 saturated carbocycles. The van der Waals surface area contributed by atoms with Crippen molar-refractivity contribution >= 4 is 38.5 Å². The van der Waals surface area contributed by atoms with E-state index in [2.05, 4.69) is 146 Å². The molecular formula is C43H31NS. The predicted octanol–water partition coefficient (Wildman–Crippen LogP) is 11.8. The lowest BCUT2D eigenvalue weighted by molar-refractivity contribution is 0.660. The van der Waals surface area contributed by atoms with Crippen molar-refractivity contribution in [3.8, 4) is 39.1 Å². The summed E-state index contributed by atoms with van der Waals surface area (Å²) in [5.74, 6) is 0. The predicted molar refractivity (Wildman–Crippen MR) is 191 cm³/mol. The molecule has 0 N–H and O–H groups in total. The van der Waals surface area contributed by atoms with Gasteiger partial charge in [-0.2, -0.15) is 0 Å². The number of rotatable bonds is 2. The zero-order valence-corrected chi connectivity index (χ0v) is 26.2. The van der Waals surface area contributed by atoms with E-state index >= 15 is 0 Å². The van der Waals surface area contributed by atoms with E-state index in [1.165, 1.54) is 92.9 Å². The Morgan fingerprint density at radius 3 is 2.33 bits per heavy atom. The van der Waals surface area contributed by atoms with Crippen LogP contribution in [0.1, 0.15) is 42.5 Å². The van der Waals surface area contributed by atoms with Crippen molar-refractivity contribution in [2.45, 2.75) is 37.0 Å². The molecule has 1 nitrogen and oxygen atoms in total. The van der Waals surface area contributed by atoms with Gasteiger partial charge in [0.15, 0.2) is 0 Å². The van der Waals surface area contributed by atoms with Crippen LogP contribution in [0.15, 0.2) is 132 Å². The summed E-state index contributed by atoms with van der Waals surface area (Å²) in [6.45, 7) is 4.72. The van der Waals surface area contributed by atoms with Crippen LogP contribution in [0.3, 0.4) is 0 Å². The maximum absolute atomic E-state index is 2.46. The zero-order valence-electron chi connectivity index (χ0n) is 25.4. The molecule has 10 rings (SSSR count). The fourth-order valence-corrected chi connectivity index (χ4v) is 9.46. The molecule has 2 aliphatic carbocycles. The Hall–Kier alpha value is -4.79. The first-order valence-electron chi connectivity index (χ1n) is 16.0. The number of hydrogen-bond donors (Lipinski definition) is 0. The SMILES string of the molecule is CC1(C)c2ccccc2-c2ccc(-n3c4ccccc4c4cc(-c5ccc6c(c5)-c5cccc7c5C(=CCC7)S6)ccc43)cc21. The van der Waals surface area contributed by atoms with E-state index in [1.54, 1.807) is 0 Å². The van der Waals surface area contributed by atoms with Crippen LogP contribution in [-0.2, 0) is 11.8 Å². The maximum Gasteiger partial charge on any atom is 0.0541 e.